The molecule has 1 atom stereocenters. The number of hydrogen-bond acceptors (Lipinski definition) is 3. The molecule has 0 amide bonds. The first-order chi connectivity index (χ1) is 6.99. The molecule has 0 fully saturated rings. The molecule has 4 nitrogen and oxygen atoms in total. The van der Waals surface area contributed by atoms with Gasteiger partial charge < -0.3 is 10.8 Å². The highest BCUT2D eigenvalue weighted by Gasteiger charge is 2.22. The van der Waals surface area contributed by atoms with Gasteiger partial charge in [-0.15, -0.1) is 0 Å². The normalized spacial score (nSPS) is 13.5. The van der Waals surface area contributed by atoms with E-state index in [0.29, 0.717) is 11.6 Å². The van der Waals surface area contributed by atoms with Crippen LogP contribution in [-0.2, 0) is 6.54 Å². The number of aliphatic hydroxyl groups excluding tert-OH is 1. The largest absolute Gasteiger partial charge is 0.394 e. The molecule has 1 unspecified atom stereocenters. The molecule has 86 valence electrons. The van der Waals surface area contributed by atoms with Gasteiger partial charge in [0.25, 0.3) is 0 Å². The van der Waals surface area contributed by atoms with Crippen LogP contribution < -0.4 is 5.73 Å². The Hall–Kier alpha value is -1.10. The Balaban J connectivity index is 3.04. The van der Waals surface area contributed by atoms with Crippen LogP contribution in [0.2, 0.25) is 0 Å². The summed E-state index contributed by atoms with van der Waals surface area (Å²) in [5, 5.41) is 12.8. The Morgan fingerprint density at radius 2 is 2.07 bits per heavy atom. The van der Waals surface area contributed by atoms with Crippen molar-refractivity contribution in [3.63, 3.8) is 0 Å². The predicted molar refractivity (Wildman–Crippen MR) is 56.9 cm³/mol. The summed E-state index contributed by atoms with van der Waals surface area (Å²) in [4.78, 5) is 0. The Morgan fingerprint density at radius 1 is 1.47 bits per heavy atom. The van der Waals surface area contributed by atoms with Crippen molar-refractivity contribution in [1.29, 1.82) is 0 Å². The maximum atomic E-state index is 13.7. The molecule has 0 aliphatic carbocycles. The molecule has 1 heterocycles. The molecule has 0 bridgehead atoms. The number of nitrogens with zero attached hydrogens (tertiary/aromatic N) is 2. The highest BCUT2D eigenvalue weighted by Crippen LogP contribution is 2.27. The van der Waals surface area contributed by atoms with Crippen molar-refractivity contribution >= 4 is 5.82 Å². The van der Waals surface area contributed by atoms with Gasteiger partial charge in [0.1, 0.15) is 5.69 Å². The summed E-state index contributed by atoms with van der Waals surface area (Å²) in [5.41, 5.74) is 5.93. The maximum absolute atomic E-state index is 13.7. The van der Waals surface area contributed by atoms with E-state index in [1.165, 1.54) is 4.68 Å². The van der Waals surface area contributed by atoms with E-state index < -0.39 is 5.82 Å². The van der Waals surface area contributed by atoms with Crippen molar-refractivity contribution in [2.24, 2.45) is 5.92 Å². The number of rotatable bonds is 4. The van der Waals surface area contributed by atoms with Crippen LogP contribution in [0.15, 0.2) is 0 Å². The molecule has 0 aliphatic heterocycles. The van der Waals surface area contributed by atoms with E-state index in [1.807, 2.05) is 20.8 Å². The molecule has 0 aliphatic rings. The molecule has 0 aromatic carbocycles. The average molecular weight is 215 g/mol. The Kier molecular flexibility index (Phi) is 3.68. The summed E-state index contributed by atoms with van der Waals surface area (Å²) in [6, 6.07) is 0. The second kappa shape index (κ2) is 4.61. The third kappa shape index (κ3) is 2.28. The van der Waals surface area contributed by atoms with Gasteiger partial charge in [0.15, 0.2) is 11.6 Å². The van der Waals surface area contributed by atoms with E-state index in [4.69, 9.17) is 10.8 Å². The molecule has 15 heavy (non-hydrogen) atoms. The fourth-order valence-corrected chi connectivity index (χ4v) is 1.34. The first kappa shape index (κ1) is 12.0. The molecule has 0 saturated heterocycles. The Labute approximate surface area is 88.9 Å². The minimum Gasteiger partial charge on any atom is -0.394 e. The van der Waals surface area contributed by atoms with Crippen molar-refractivity contribution in [2.45, 2.75) is 33.2 Å². The van der Waals surface area contributed by atoms with Crippen molar-refractivity contribution in [3.8, 4) is 0 Å². The number of hydrogen-bond donors (Lipinski definition) is 2. The minimum atomic E-state index is -0.454. The molecule has 1 rings (SSSR count). The summed E-state index contributed by atoms with van der Waals surface area (Å²) < 4.78 is 15.0. The van der Waals surface area contributed by atoms with Gasteiger partial charge in [0.2, 0.25) is 0 Å². The van der Waals surface area contributed by atoms with Gasteiger partial charge in [-0.05, 0) is 5.92 Å². The van der Waals surface area contributed by atoms with Gasteiger partial charge in [-0.25, -0.2) is 9.07 Å². The molecule has 3 N–H and O–H groups in total. The zero-order valence-electron chi connectivity index (χ0n) is 9.37. The summed E-state index contributed by atoms with van der Waals surface area (Å²) in [5.74, 6) is -0.125. The molecule has 1 aromatic heterocycles. The summed E-state index contributed by atoms with van der Waals surface area (Å²) in [7, 11) is 0. The smallest absolute Gasteiger partial charge is 0.188 e. The van der Waals surface area contributed by atoms with Crippen LogP contribution in [0.5, 0.6) is 0 Å². The number of aromatic nitrogens is 2. The topological polar surface area (TPSA) is 64.1 Å². The third-order valence-corrected chi connectivity index (χ3v) is 2.70. The van der Waals surface area contributed by atoms with Gasteiger partial charge in [0.05, 0.1) is 13.2 Å². The van der Waals surface area contributed by atoms with E-state index in [9.17, 15) is 4.39 Å². The SMILES string of the molecule is CC(C)C(C)c1nn(CCO)c(N)c1F. The molecule has 0 saturated carbocycles. The Morgan fingerprint density at radius 3 is 2.53 bits per heavy atom. The standard InChI is InChI=1S/C10H18FN3O/c1-6(2)7(3)9-8(11)10(12)14(13-9)4-5-15/h6-7,15H,4-5,12H2,1-3H3. The van der Waals surface area contributed by atoms with E-state index in [2.05, 4.69) is 5.10 Å². The maximum Gasteiger partial charge on any atom is 0.188 e. The lowest BCUT2D eigenvalue weighted by Crippen LogP contribution is -2.09. The molecular formula is C10H18FN3O. The van der Waals surface area contributed by atoms with Crippen molar-refractivity contribution in [2.75, 3.05) is 12.3 Å². The van der Waals surface area contributed by atoms with E-state index in [0.717, 1.165) is 0 Å². The number of anilines is 1. The molecule has 1 aromatic rings. The predicted octanol–water partition coefficient (Wildman–Crippen LogP) is 1.36. The summed E-state index contributed by atoms with van der Waals surface area (Å²) in [6.45, 7) is 6.06. The van der Waals surface area contributed by atoms with Crippen LogP contribution in [0.25, 0.3) is 0 Å². The van der Waals surface area contributed by atoms with Gasteiger partial charge in [-0.1, -0.05) is 20.8 Å². The lowest BCUT2D eigenvalue weighted by Gasteiger charge is -2.12. The fraction of sp³-hybridized carbons (Fsp3) is 0.700. The zero-order valence-corrected chi connectivity index (χ0v) is 9.37. The molecule has 0 radical (unpaired) electrons. The second-order valence-corrected chi connectivity index (χ2v) is 4.06. The van der Waals surface area contributed by atoms with Crippen LogP contribution in [0.3, 0.4) is 0 Å². The lowest BCUT2D eigenvalue weighted by molar-refractivity contribution is 0.269. The number of nitrogen functional groups attached to an aromatic ring is 1. The van der Waals surface area contributed by atoms with Crippen molar-refractivity contribution < 1.29 is 9.50 Å². The summed E-state index contributed by atoms with van der Waals surface area (Å²) >= 11 is 0. The van der Waals surface area contributed by atoms with Gasteiger partial charge in [0, 0.05) is 5.92 Å². The van der Waals surface area contributed by atoms with E-state index in [1.54, 1.807) is 0 Å². The molecular weight excluding hydrogens is 197 g/mol. The summed E-state index contributed by atoms with van der Waals surface area (Å²) in [6.07, 6.45) is 0. The second-order valence-electron chi connectivity index (χ2n) is 4.06. The molecule has 0 spiro atoms. The highest BCUT2D eigenvalue weighted by atomic mass is 19.1. The van der Waals surface area contributed by atoms with Crippen LogP contribution >= 0.6 is 0 Å². The van der Waals surface area contributed by atoms with Crippen LogP contribution in [-0.4, -0.2) is 21.5 Å². The van der Waals surface area contributed by atoms with Gasteiger partial charge in [-0.3, -0.25) is 0 Å². The van der Waals surface area contributed by atoms with Gasteiger partial charge >= 0.3 is 0 Å². The van der Waals surface area contributed by atoms with Gasteiger partial charge in [-0.2, -0.15) is 5.10 Å². The van der Waals surface area contributed by atoms with Crippen LogP contribution in [0.1, 0.15) is 32.4 Å². The minimum absolute atomic E-state index is 0.00606. The lowest BCUT2D eigenvalue weighted by atomic mass is 9.94. The molecule has 5 heteroatoms. The number of halogens is 1. The Bertz CT molecular complexity index is 336. The third-order valence-electron chi connectivity index (χ3n) is 2.70. The number of nitrogens with two attached hydrogens (primary N) is 1. The van der Waals surface area contributed by atoms with Crippen molar-refractivity contribution in [1.82, 2.24) is 9.78 Å². The van der Waals surface area contributed by atoms with Crippen LogP contribution in [0, 0.1) is 11.7 Å². The first-order valence-corrected chi connectivity index (χ1v) is 5.11. The highest BCUT2D eigenvalue weighted by molar-refractivity contribution is 5.35. The van der Waals surface area contributed by atoms with E-state index in [-0.39, 0.29) is 24.9 Å². The first-order valence-electron chi connectivity index (χ1n) is 5.11. The van der Waals surface area contributed by atoms with Crippen molar-refractivity contribution in [3.05, 3.63) is 11.5 Å². The number of aliphatic hydroxyl groups is 1. The fourth-order valence-electron chi connectivity index (χ4n) is 1.34. The quantitative estimate of drug-likeness (QED) is 0.797. The zero-order chi connectivity index (χ0) is 11.6. The average Bonchev–Trinajstić information content (AvgIpc) is 2.45. The van der Waals surface area contributed by atoms with Crippen LogP contribution in [0.4, 0.5) is 10.2 Å². The van der Waals surface area contributed by atoms with E-state index >= 15 is 0 Å². The monoisotopic (exact) mass is 215 g/mol.